The van der Waals surface area contributed by atoms with Crippen LogP contribution in [0.3, 0.4) is 0 Å². The summed E-state index contributed by atoms with van der Waals surface area (Å²) in [5, 5.41) is 9.73. The van der Waals surface area contributed by atoms with Crippen LogP contribution in [0.4, 0.5) is 18.9 Å². The van der Waals surface area contributed by atoms with Crippen molar-refractivity contribution in [3.63, 3.8) is 0 Å². The van der Waals surface area contributed by atoms with Gasteiger partial charge in [0, 0.05) is 23.8 Å². The number of carbonyl (C=O) groups excluding carboxylic acids is 2. The second-order valence-electron chi connectivity index (χ2n) is 11.6. The molecule has 4 aromatic rings. The fourth-order valence-electron chi connectivity index (χ4n) is 7.01. The molecule has 0 radical (unpaired) electrons. The zero-order valence-electron chi connectivity index (χ0n) is 23.2. The third-order valence-electron chi connectivity index (χ3n) is 9.05. The number of nitrogens with zero attached hydrogens (tertiary/aromatic N) is 2. The smallest absolute Gasteiger partial charge is 0.392 e. The zero-order valence-corrected chi connectivity index (χ0v) is 23.2. The molecule has 0 saturated heterocycles. The van der Waals surface area contributed by atoms with Crippen LogP contribution in [-0.4, -0.2) is 27.9 Å². The molecule has 1 aliphatic carbocycles. The molecule has 218 valence electrons. The first-order valence-corrected chi connectivity index (χ1v) is 14.4. The summed E-state index contributed by atoms with van der Waals surface area (Å²) in [5.74, 6) is -0.585. The minimum Gasteiger partial charge on any atom is -0.392 e. The molecular formula is C35H29F3N2O3. The van der Waals surface area contributed by atoms with Crippen LogP contribution in [0.25, 0.3) is 0 Å². The lowest BCUT2D eigenvalue weighted by molar-refractivity contribution is -0.138. The number of para-hydroxylation sites is 1. The molecule has 0 aromatic heterocycles. The Morgan fingerprint density at radius 2 is 1.51 bits per heavy atom. The number of amides is 2. The maximum atomic E-state index is 15.1. The summed E-state index contributed by atoms with van der Waals surface area (Å²) in [6, 6.07) is 26.2. The lowest BCUT2D eigenvalue weighted by Crippen LogP contribution is -2.62. The SMILES string of the molecule is O=C1c2ccccc2[C@@]2(Cc3ccccc3N(C3CC3)C2=O)[C@H](c2ccc(CO)cc2)N1Cc1ccccc1C(F)(F)F. The Morgan fingerprint density at radius 3 is 2.23 bits per heavy atom. The lowest BCUT2D eigenvalue weighted by Gasteiger charge is -2.53. The van der Waals surface area contributed by atoms with Crippen LogP contribution in [0, 0.1) is 0 Å². The van der Waals surface area contributed by atoms with Gasteiger partial charge in [0.2, 0.25) is 5.91 Å². The van der Waals surface area contributed by atoms with Crippen molar-refractivity contribution in [3.8, 4) is 0 Å². The minimum atomic E-state index is -4.62. The van der Waals surface area contributed by atoms with Crippen molar-refractivity contribution in [1.82, 2.24) is 4.90 Å². The number of hydrogen-bond donors (Lipinski definition) is 1. The minimum absolute atomic E-state index is 0.0208. The third kappa shape index (κ3) is 4.35. The van der Waals surface area contributed by atoms with Crippen LogP contribution in [0.15, 0.2) is 97.1 Å². The summed E-state index contributed by atoms with van der Waals surface area (Å²) >= 11 is 0. The fourth-order valence-corrected chi connectivity index (χ4v) is 7.01. The number of halogens is 3. The van der Waals surface area contributed by atoms with E-state index in [1.54, 1.807) is 36.4 Å². The topological polar surface area (TPSA) is 60.9 Å². The van der Waals surface area contributed by atoms with Crippen molar-refractivity contribution in [2.24, 2.45) is 0 Å². The first-order chi connectivity index (χ1) is 20.7. The number of fused-ring (bicyclic) bond motifs is 3. The number of rotatable bonds is 5. The average Bonchev–Trinajstić information content (AvgIpc) is 3.85. The van der Waals surface area contributed by atoms with Crippen LogP contribution in [0.5, 0.6) is 0 Å². The highest BCUT2D eigenvalue weighted by Crippen LogP contribution is 2.55. The molecular weight excluding hydrogens is 553 g/mol. The molecule has 1 spiro atoms. The highest BCUT2D eigenvalue weighted by atomic mass is 19.4. The van der Waals surface area contributed by atoms with Crippen LogP contribution in [0.2, 0.25) is 0 Å². The maximum Gasteiger partial charge on any atom is 0.416 e. The number of aliphatic hydroxyl groups is 1. The van der Waals surface area contributed by atoms with E-state index in [1.165, 1.54) is 23.1 Å². The number of benzene rings is 4. The number of carbonyl (C=O) groups is 2. The standard InChI is InChI=1S/C35H29F3N2O3/c36-35(37,38)28-10-4-1-8-25(28)20-39-31(23-15-13-22(21-41)14-16-23)34(29-11-5-3-9-27(29)32(39)42)19-24-7-2-6-12-30(24)40(33(34)43)26-17-18-26/h1-16,26,31,41H,17-21H2/t31-,34-/m0/s1. The van der Waals surface area contributed by atoms with Gasteiger partial charge in [-0.05, 0) is 65.3 Å². The monoisotopic (exact) mass is 582 g/mol. The molecule has 2 heterocycles. The van der Waals surface area contributed by atoms with Gasteiger partial charge in [-0.2, -0.15) is 13.2 Å². The highest BCUT2D eigenvalue weighted by molar-refractivity contribution is 6.10. The first-order valence-electron chi connectivity index (χ1n) is 14.4. The highest BCUT2D eigenvalue weighted by Gasteiger charge is 2.61. The van der Waals surface area contributed by atoms with E-state index >= 15 is 4.79 Å². The van der Waals surface area contributed by atoms with Crippen molar-refractivity contribution >= 4 is 17.5 Å². The van der Waals surface area contributed by atoms with Gasteiger partial charge in [-0.15, -0.1) is 0 Å². The number of hydrogen-bond acceptors (Lipinski definition) is 3. The molecule has 1 fully saturated rings. The molecule has 2 aliphatic heterocycles. The molecule has 2 amide bonds. The van der Waals surface area contributed by atoms with Crippen molar-refractivity contribution in [3.05, 3.63) is 136 Å². The van der Waals surface area contributed by atoms with Gasteiger partial charge in [0.25, 0.3) is 5.91 Å². The van der Waals surface area contributed by atoms with Crippen molar-refractivity contribution in [1.29, 1.82) is 0 Å². The summed E-state index contributed by atoms with van der Waals surface area (Å²) in [7, 11) is 0. The second-order valence-corrected chi connectivity index (χ2v) is 11.6. The zero-order chi connectivity index (χ0) is 29.9. The van der Waals surface area contributed by atoms with E-state index in [-0.39, 0.29) is 37.1 Å². The second kappa shape index (κ2) is 10.1. The quantitative estimate of drug-likeness (QED) is 0.289. The molecule has 43 heavy (non-hydrogen) atoms. The summed E-state index contributed by atoms with van der Waals surface area (Å²) in [6.07, 6.45) is -2.63. The summed E-state index contributed by atoms with van der Waals surface area (Å²) in [4.78, 5) is 32.8. The van der Waals surface area contributed by atoms with Gasteiger partial charge in [0.05, 0.1) is 18.2 Å². The molecule has 3 aliphatic rings. The molecule has 7 rings (SSSR count). The Hall–Kier alpha value is -4.43. The Balaban J connectivity index is 1.50. The van der Waals surface area contributed by atoms with Gasteiger partial charge in [-0.3, -0.25) is 9.59 Å². The van der Waals surface area contributed by atoms with Gasteiger partial charge in [-0.1, -0.05) is 78.9 Å². The van der Waals surface area contributed by atoms with E-state index in [0.29, 0.717) is 22.3 Å². The molecule has 4 aromatic carbocycles. The van der Waals surface area contributed by atoms with Crippen LogP contribution < -0.4 is 4.90 Å². The first kappa shape index (κ1) is 27.4. The number of alkyl halides is 3. The van der Waals surface area contributed by atoms with E-state index in [1.807, 2.05) is 41.3 Å². The van der Waals surface area contributed by atoms with E-state index < -0.39 is 29.1 Å². The van der Waals surface area contributed by atoms with Gasteiger partial charge < -0.3 is 14.9 Å². The summed E-state index contributed by atoms with van der Waals surface area (Å²) < 4.78 is 42.5. The van der Waals surface area contributed by atoms with E-state index in [9.17, 15) is 23.1 Å². The fraction of sp³-hybridized carbons (Fsp3) is 0.257. The normalized spacial score (nSPS) is 21.6. The van der Waals surface area contributed by atoms with Gasteiger partial charge in [0.15, 0.2) is 0 Å². The largest absolute Gasteiger partial charge is 0.416 e. The van der Waals surface area contributed by atoms with E-state index in [2.05, 4.69) is 0 Å². The van der Waals surface area contributed by atoms with Gasteiger partial charge in [-0.25, -0.2) is 0 Å². The Morgan fingerprint density at radius 1 is 0.837 bits per heavy atom. The third-order valence-corrected chi connectivity index (χ3v) is 9.05. The Bertz CT molecular complexity index is 1730. The van der Waals surface area contributed by atoms with Crippen LogP contribution in [0.1, 0.15) is 62.6 Å². The lowest BCUT2D eigenvalue weighted by atomic mass is 9.61. The predicted octanol–water partition coefficient (Wildman–Crippen LogP) is 6.58. The van der Waals surface area contributed by atoms with Crippen molar-refractivity contribution in [2.75, 3.05) is 4.90 Å². The predicted molar refractivity (Wildman–Crippen MR) is 155 cm³/mol. The van der Waals surface area contributed by atoms with Crippen LogP contribution in [-0.2, 0) is 36.0 Å². The summed E-state index contributed by atoms with van der Waals surface area (Å²) in [5.41, 5.74) is 1.81. The molecule has 1 N–H and O–H groups in total. The van der Waals surface area contributed by atoms with Crippen molar-refractivity contribution in [2.45, 2.75) is 56.1 Å². The van der Waals surface area contributed by atoms with E-state index in [0.717, 1.165) is 30.2 Å². The molecule has 2 atom stereocenters. The molecule has 8 heteroatoms. The van der Waals surface area contributed by atoms with Gasteiger partial charge >= 0.3 is 6.18 Å². The molecule has 0 bridgehead atoms. The molecule has 0 unspecified atom stereocenters. The van der Waals surface area contributed by atoms with Gasteiger partial charge in [0.1, 0.15) is 5.41 Å². The number of anilines is 1. The molecule has 1 saturated carbocycles. The maximum absolute atomic E-state index is 15.1. The van der Waals surface area contributed by atoms with Crippen LogP contribution >= 0.6 is 0 Å². The van der Waals surface area contributed by atoms with E-state index in [4.69, 9.17) is 0 Å². The number of aliphatic hydroxyl groups excluding tert-OH is 1. The Labute approximate surface area is 247 Å². The van der Waals surface area contributed by atoms with Crippen molar-refractivity contribution < 1.29 is 27.9 Å². The average molecular weight is 583 g/mol. The molecule has 5 nitrogen and oxygen atoms in total. The Kier molecular flexibility index (Phi) is 6.43. The summed E-state index contributed by atoms with van der Waals surface area (Å²) in [6.45, 7) is -0.530.